The number of carboxylic acid groups (broad SMARTS) is 1. The average Bonchev–Trinajstić information content (AvgIpc) is 2.35. The molecule has 0 heterocycles. The zero-order valence-corrected chi connectivity index (χ0v) is 10.8. The van der Waals surface area contributed by atoms with Gasteiger partial charge in [0.15, 0.2) is 0 Å². The Morgan fingerprint density at radius 2 is 1.36 bits per heavy atom. The van der Waals surface area contributed by atoms with Crippen LogP contribution in [0.4, 0.5) is 31.1 Å². The highest BCUT2D eigenvalue weighted by Crippen LogP contribution is 2.38. The third-order valence-electron chi connectivity index (χ3n) is 2.79. The minimum absolute atomic E-state index is 0.0865. The maximum atomic E-state index is 12.7. The highest BCUT2D eigenvalue weighted by atomic mass is 19.4. The summed E-state index contributed by atoms with van der Waals surface area (Å²) in [6, 6.07) is 0.467. The summed E-state index contributed by atoms with van der Waals surface area (Å²) in [6.07, 6.45) is -12.1. The Labute approximate surface area is 119 Å². The van der Waals surface area contributed by atoms with E-state index < -0.39 is 40.7 Å². The molecule has 122 valence electrons. The van der Waals surface area contributed by atoms with Crippen LogP contribution in [0, 0.1) is 0 Å². The maximum absolute atomic E-state index is 12.7. The van der Waals surface area contributed by atoms with Gasteiger partial charge in [-0.15, -0.1) is 0 Å². The Balaban J connectivity index is 3.59. The Hall–Kier alpha value is -2.26. The molecule has 0 aliphatic rings. The number of carbonyl (C=O) groups excluding carboxylic acids is 1. The van der Waals surface area contributed by atoms with Crippen molar-refractivity contribution in [1.82, 2.24) is 5.32 Å². The van der Waals surface area contributed by atoms with Crippen molar-refractivity contribution in [3.8, 4) is 0 Å². The molecular weight excluding hydrogens is 320 g/mol. The molecule has 0 aromatic heterocycles. The summed E-state index contributed by atoms with van der Waals surface area (Å²) in [5.74, 6) is 0. The van der Waals surface area contributed by atoms with E-state index in [1.165, 1.54) is 0 Å². The zero-order valence-electron chi connectivity index (χ0n) is 10.8. The molecule has 1 aromatic carbocycles. The van der Waals surface area contributed by atoms with Gasteiger partial charge >= 0.3 is 18.4 Å². The lowest BCUT2D eigenvalue weighted by molar-refractivity contribution is -0.143. The predicted octanol–water partition coefficient (Wildman–Crippen LogP) is 3.41. The van der Waals surface area contributed by atoms with Gasteiger partial charge in [-0.2, -0.15) is 26.3 Å². The molecule has 2 N–H and O–H groups in total. The molecule has 0 aliphatic heterocycles. The smallest absolute Gasteiger partial charge is 0.416 e. The topological polar surface area (TPSA) is 66.4 Å². The molecule has 0 saturated carbocycles. The van der Waals surface area contributed by atoms with Crippen LogP contribution in [0.15, 0.2) is 18.2 Å². The monoisotopic (exact) mass is 329 g/mol. The van der Waals surface area contributed by atoms with Crippen LogP contribution in [-0.4, -0.2) is 17.5 Å². The van der Waals surface area contributed by atoms with Gasteiger partial charge in [-0.05, 0) is 30.7 Å². The van der Waals surface area contributed by atoms with E-state index in [4.69, 9.17) is 5.11 Å². The first-order chi connectivity index (χ1) is 9.79. The minimum Gasteiger partial charge on any atom is -0.465 e. The van der Waals surface area contributed by atoms with Crippen molar-refractivity contribution in [1.29, 1.82) is 0 Å². The summed E-state index contributed by atoms with van der Waals surface area (Å²) in [5.41, 5.74) is -6.31. The molecule has 0 radical (unpaired) electrons. The number of benzene rings is 1. The minimum atomic E-state index is -5.09. The Morgan fingerprint density at radius 1 is 1.00 bits per heavy atom. The van der Waals surface area contributed by atoms with Crippen molar-refractivity contribution in [3.05, 3.63) is 34.9 Å². The maximum Gasteiger partial charge on any atom is 0.416 e. The third kappa shape index (κ3) is 3.89. The van der Waals surface area contributed by atoms with Crippen molar-refractivity contribution in [2.75, 3.05) is 0 Å². The lowest BCUT2D eigenvalue weighted by Gasteiger charge is -2.25. The highest BCUT2D eigenvalue weighted by Gasteiger charge is 2.39. The van der Waals surface area contributed by atoms with Crippen LogP contribution in [0.25, 0.3) is 0 Å². The van der Waals surface area contributed by atoms with E-state index in [1.54, 1.807) is 5.32 Å². The molecule has 1 rings (SSSR count). The van der Waals surface area contributed by atoms with E-state index in [0.717, 1.165) is 6.92 Å². The standard InChI is InChI=1S/C12H9F6NO3/c1-10(5-20,19-9(21)22)6-2-7(11(13,14)15)4-8(3-6)12(16,17)18/h2-5,19H,1H3,(H,21,22)/t10-/m1/s1. The Morgan fingerprint density at radius 3 is 1.64 bits per heavy atom. The molecule has 0 bridgehead atoms. The lowest BCUT2D eigenvalue weighted by Crippen LogP contribution is -2.44. The van der Waals surface area contributed by atoms with Crippen LogP contribution in [0.3, 0.4) is 0 Å². The van der Waals surface area contributed by atoms with E-state index >= 15 is 0 Å². The van der Waals surface area contributed by atoms with Crippen LogP contribution in [0.2, 0.25) is 0 Å². The number of alkyl halides is 6. The van der Waals surface area contributed by atoms with Gasteiger partial charge in [0.05, 0.1) is 11.1 Å². The van der Waals surface area contributed by atoms with Gasteiger partial charge in [-0.1, -0.05) is 0 Å². The summed E-state index contributed by atoms with van der Waals surface area (Å²) in [6.45, 7) is 0.851. The van der Waals surface area contributed by atoms with Crippen molar-refractivity contribution in [2.45, 2.75) is 24.8 Å². The number of hydrogen-bond donors (Lipinski definition) is 2. The molecule has 1 atom stereocenters. The number of carbonyl (C=O) groups is 2. The Kier molecular flexibility index (Phi) is 4.45. The first-order valence-electron chi connectivity index (χ1n) is 5.57. The largest absolute Gasteiger partial charge is 0.465 e. The summed E-state index contributed by atoms with van der Waals surface area (Å²) in [4.78, 5) is 21.6. The number of hydrogen-bond acceptors (Lipinski definition) is 2. The van der Waals surface area contributed by atoms with E-state index in [-0.39, 0.29) is 12.4 Å². The molecule has 0 fully saturated rings. The quantitative estimate of drug-likeness (QED) is 0.660. The fraction of sp³-hybridized carbons (Fsp3) is 0.333. The molecular formula is C12H9F6NO3. The number of rotatable bonds is 3. The second-order valence-electron chi connectivity index (χ2n) is 4.54. The van der Waals surface area contributed by atoms with Gasteiger partial charge < -0.3 is 15.2 Å². The van der Waals surface area contributed by atoms with Gasteiger partial charge in [-0.3, -0.25) is 0 Å². The van der Waals surface area contributed by atoms with Gasteiger partial charge in [0.25, 0.3) is 0 Å². The van der Waals surface area contributed by atoms with Crippen LogP contribution in [-0.2, 0) is 22.7 Å². The molecule has 4 nitrogen and oxygen atoms in total. The van der Waals surface area contributed by atoms with Crippen LogP contribution in [0.5, 0.6) is 0 Å². The summed E-state index contributed by atoms with van der Waals surface area (Å²) in [7, 11) is 0. The normalized spacial score (nSPS) is 15.0. The van der Waals surface area contributed by atoms with Crippen LogP contribution < -0.4 is 5.32 Å². The molecule has 0 saturated heterocycles. The van der Waals surface area contributed by atoms with Crippen LogP contribution in [0.1, 0.15) is 23.6 Å². The predicted molar refractivity (Wildman–Crippen MR) is 61.0 cm³/mol. The second-order valence-corrected chi connectivity index (χ2v) is 4.54. The number of halogens is 6. The molecule has 1 aromatic rings. The summed E-state index contributed by atoms with van der Waals surface area (Å²) < 4.78 is 76.2. The fourth-order valence-corrected chi connectivity index (χ4v) is 1.65. The SMILES string of the molecule is C[C@](C=O)(NC(=O)O)c1cc(C(F)(F)F)cc(C(F)(F)F)c1. The van der Waals surface area contributed by atoms with Crippen molar-refractivity contribution in [2.24, 2.45) is 0 Å². The third-order valence-corrected chi connectivity index (χ3v) is 2.79. The van der Waals surface area contributed by atoms with Crippen molar-refractivity contribution in [3.63, 3.8) is 0 Å². The summed E-state index contributed by atoms with van der Waals surface area (Å²) in [5, 5.41) is 10.2. The van der Waals surface area contributed by atoms with Gasteiger partial charge in [0.1, 0.15) is 11.8 Å². The number of nitrogens with one attached hydrogen (secondary N) is 1. The molecule has 10 heteroatoms. The number of aldehydes is 1. The second kappa shape index (κ2) is 5.50. The molecule has 22 heavy (non-hydrogen) atoms. The first-order valence-corrected chi connectivity index (χ1v) is 5.57. The van der Waals surface area contributed by atoms with Gasteiger partial charge in [0, 0.05) is 0 Å². The number of amides is 1. The van der Waals surface area contributed by atoms with E-state index in [2.05, 4.69) is 0 Å². The first kappa shape index (κ1) is 17.8. The van der Waals surface area contributed by atoms with E-state index in [1.807, 2.05) is 0 Å². The van der Waals surface area contributed by atoms with E-state index in [9.17, 15) is 35.9 Å². The lowest BCUT2D eigenvalue weighted by atomic mass is 9.90. The highest BCUT2D eigenvalue weighted by molar-refractivity contribution is 5.76. The van der Waals surface area contributed by atoms with Gasteiger partial charge in [0.2, 0.25) is 0 Å². The average molecular weight is 329 g/mol. The Bertz CT molecular complexity index is 563. The van der Waals surface area contributed by atoms with Gasteiger partial charge in [-0.25, -0.2) is 4.79 Å². The molecule has 0 aliphatic carbocycles. The van der Waals surface area contributed by atoms with E-state index in [0.29, 0.717) is 12.1 Å². The zero-order chi connectivity index (χ0) is 17.3. The molecule has 0 unspecified atom stereocenters. The van der Waals surface area contributed by atoms with Crippen molar-refractivity contribution < 1.29 is 41.0 Å². The molecule has 0 spiro atoms. The van der Waals surface area contributed by atoms with Crippen LogP contribution >= 0.6 is 0 Å². The fourth-order valence-electron chi connectivity index (χ4n) is 1.65. The van der Waals surface area contributed by atoms with Crippen molar-refractivity contribution >= 4 is 12.4 Å². The summed E-state index contributed by atoms with van der Waals surface area (Å²) >= 11 is 0. The molecule has 1 amide bonds.